The van der Waals surface area contributed by atoms with Crippen molar-refractivity contribution >= 4 is 22.9 Å². The Kier molecular flexibility index (Phi) is 3.52. The van der Waals surface area contributed by atoms with Gasteiger partial charge >= 0.3 is 0 Å². The Bertz CT molecular complexity index is 527. The van der Waals surface area contributed by atoms with Crippen LogP contribution in [0.3, 0.4) is 0 Å². The number of aliphatic hydroxyl groups excluding tert-OH is 1. The van der Waals surface area contributed by atoms with Crippen LogP contribution in [0.1, 0.15) is 27.7 Å². The standard InChI is InChI=1S/C13H12ClFOS/c1-7-5-9(6-8(2)11(7)15)12(16)13-10(14)3-4-17-13/h3-6,12,16H,1-2H3. The molecule has 1 aromatic heterocycles. The van der Waals surface area contributed by atoms with Crippen molar-refractivity contribution in [3.8, 4) is 0 Å². The zero-order valence-corrected chi connectivity index (χ0v) is 11.1. The van der Waals surface area contributed by atoms with Gasteiger partial charge in [-0.05, 0) is 42.0 Å². The first-order valence-corrected chi connectivity index (χ1v) is 6.44. The van der Waals surface area contributed by atoms with Crippen LogP contribution in [0.25, 0.3) is 0 Å². The molecule has 1 aromatic carbocycles. The molecular weight excluding hydrogens is 259 g/mol. The maximum atomic E-state index is 13.5. The number of aliphatic hydroxyl groups is 1. The van der Waals surface area contributed by atoms with Crippen LogP contribution in [-0.4, -0.2) is 5.11 Å². The van der Waals surface area contributed by atoms with E-state index in [4.69, 9.17) is 11.6 Å². The molecule has 2 aromatic rings. The number of hydrogen-bond acceptors (Lipinski definition) is 2. The number of rotatable bonds is 2. The summed E-state index contributed by atoms with van der Waals surface area (Å²) in [5, 5.41) is 12.6. The molecule has 1 heterocycles. The highest BCUT2D eigenvalue weighted by molar-refractivity contribution is 7.10. The predicted molar refractivity (Wildman–Crippen MR) is 69.3 cm³/mol. The highest BCUT2D eigenvalue weighted by atomic mass is 35.5. The average molecular weight is 271 g/mol. The van der Waals surface area contributed by atoms with E-state index in [1.165, 1.54) is 11.3 Å². The van der Waals surface area contributed by atoms with E-state index in [0.29, 0.717) is 26.6 Å². The fraction of sp³-hybridized carbons (Fsp3) is 0.231. The number of halogens is 2. The van der Waals surface area contributed by atoms with Crippen LogP contribution >= 0.6 is 22.9 Å². The molecule has 4 heteroatoms. The van der Waals surface area contributed by atoms with E-state index in [0.717, 1.165) is 0 Å². The summed E-state index contributed by atoms with van der Waals surface area (Å²) in [7, 11) is 0. The molecule has 0 spiro atoms. The topological polar surface area (TPSA) is 20.2 Å². The lowest BCUT2D eigenvalue weighted by Gasteiger charge is -2.12. The summed E-state index contributed by atoms with van der Waals surface area (Å²) in [5.41, 5.74) is 1.74. The van der Waals surface area contributed by atoms with Gasteiger partial charge in [0.1, 0.15) is 11.9 Å². The molecule has 90 valence electrons. The monoisotopic (exact) mass is 270 g/mol. The Balaban J connectivity index is 2.45. The van der Waals surface area contributed by atoms with Crippen LogP contribution in [0.15, 0.2) is 23.6 Å². The van der Waals surface area contributed by atoms with E-state index < -0.39 is 6.10 Å². The van der Waals surface area contributed by atoms with Crippen molar-refractivity contribution in [3.05, 3.63) is 56.0 Å². The van der Waals surface area contributed by atoms with Crippen LogP contribution in [0.2, 0.25) is 5.02 Å². The van der Waals surface area contributed by atoms with Crippen molar-refractivity contribution in [1.29, 1.82) is 0 Å². The molecule has 1 unspecified atom stereocenters. The first-order valence-electron chi connectivity index (χ1n) is 5.18. The summed E-state index contributed by atoms with van der Waals surface area (Å²) >= 11 is 7.36. The summed E-state index contributed by atoms with van der Waals surface area (Å²) in [5.74, 6) is -0.224. The summed E-state index contributed by atoms with van der Waals surface area (Å²) < 4.78 is 13.5. The zero-order valence-electron chi connectivity index (χ0n) is 9.50. The summed E-state index contributed by atoms with van der Waals surface area (Å²) in [6.45, 7) is 3.38. The average Bonchev–Trinajstić information content (AvgIpc) is 2.70. The molecule has 0 aliphatic heterocycles. The fourth-order valence-electron chi connectivity index (χ4n) is 1.79. The SMILES string of the molecule is Cc1cc(C(O)c2sccc2Cl)cc(C)c1F. The molecular formula is C13H12ClFOS. The minimum atomic E-state index is -0.791. The number of benzene rings is 1. The number of aryl methyl sites for hydroxylation is 2. The molecule has 2 rings (SSSR count). The lowest BCUT2D eigenvalue weighted by molar-refractivity contribution is 0.224. The molecule has 0 aliphatic carbocycles. The first kappa shape index (κ1) is 12.6. The molecule has 0 saturated carbocycles. The van der Waals surface area contributed by atoms with E-state index in [-0.39, 0.29) is 5.82 Å². The van der Waals surface area contributed by atoms with Crippen molar-refractivity contribution < 1.29 is 9.50 Å². The molecule has 1 N–H and O–H groups in total. The van der Waals surface area contributed by atoms with Crippen molar-refractivity contribution in [2.45, 2.75) is 20.0 Å². The fourth-order valence-corrected chi connectivity index (χ4v) is 2.96. The van der Waals surface area contributed by atoms with Gasteiger partial charge in [-0.25, -0.2) is 4.39 Å². The van der Waals surface area contributed by atoms with Gasteiger partial charge < -0.3 is 5.11 Å². The van der Waals surface area contributed by atoms with E-state index in [1.54, 1.807) is 32.0 Å². The zero-order chi connectivity index (χ0) is 12.6. The molecule has 0 fully saturated rings. The Hall–Kier alpha value is -0.900. The van der Waals surface area contributed by atoms with Gasteiger partial charge in [0.05, 0.1) is 9.90 Å². The van der Waals surface area contributed by atoms with Gasteiger partial charge in [0.25, 0.3) is 0 Å². The first-order chi connectivity index (χ1) is 8.00. The van der Waals surface area contributed by atoms with Gasteiger partial charge in [0.15, 0.2) is 0 Å². The van der Waals surface area contributed by atoms with Crippen LogP contribution in [-0.2, 0) is 0 Å². The second kappa shape index (κ2) is 4.77. The number of hydrogen-bond donors (Lipinski definition) is 1. The lowest BCUT2D eigenvalue weighted by atomic mass is 10.0. The van der Waals surface area contributed by atoms with E-state index in [9.17, 15) is 9.50 Å². The Labute approximate surface area is 108 Å². The van der Waals surface area contributed by atoms with Crippen molar-refractivity contribution in [1.82, 2.24) is 0 Å². The molecule has 1 atom stereocenters. The minimum absolute atomic E-state index is 0.224. The quantitative estimate of drug-likeness (QED) is 0.865. The smallest absolute Gasteiger partial charge is 0.129 e. The molecule has 0 radical (unpaired) electrons. The lowest BCUT2D eigenvalue weighted by Crippen LogP contribution is -2.01. The largest absolute Gasteiger partial charge is 0.383 e. The molecule has 0 amide bonds. The van der Waals surface area contributed by atoms with Gasteiger partial charge in [-0.2, -0.15) is 0 Å². The third kappa shape index (κ3) is 2.37. The van der Waals surface area contributed by atoms with E-state index in [1.807, 2.05) is 5.38 Å². The Morgan fingerprint density at radius 1 is 1.29 bits per heavy atom. The van der Waals surface area contributed by atoms with Gasteiger partial charge in [-0.3, -0.25) is 0 Å². The third-order valence-electron chi connectivity index (χ3n) is 2.67. The van der Waals surface area contributed by atoms with Crippen molar-refractivity contribution in [3.63, 3.8) is 0 Å². The van der Waals surface area contributed by atoms with E-state index >= 15 is 0 Å². The van der Waals surface area contributed by atoms with Gasteiger partial charge in [0, 0.05) is 0 Å². The van der Waals surface area contributed by atoms with Gasteiger partial charge in [0.2, 0.25) is 0 Å². The minimum Gasteiger partial charge on any atom is -0.383 e. The van der Waals surface area contributed by atoms with Crippen molar-refractivity contribution in [2.75, 3.05) is 0 Å². The number of thiophene rings is 1. The normalized spacial score (nSPS) is 12.8. The molecule has 17 heavy (non-hydrogen) atoms. The van der Waals surface area contributed by atoms with Crippen LogP contribution in [0.5, 0.6) is 0 Å². The maximum Gasteiger partial charge on any atom is 0.129 e. The second-order valence-corrected chi connectivity index (χ2v) is 5.36. The van der Waals surface area contributed by atoms with E-state index in [2.05, 4.69) is 0 Å². The second-order valence-electron chi connectivity index (χ2n) is 4.00. The molecule has 0 aliphatic rings. The molecule has 1 nitrogen and oxygen atoms in total. The summed E-state index contributed by atoms with van der Waals surface area (Å²) in [6, 6.07) is 5.06. The molecule has 0 bridgehead atoms. The van der Waals surface area contributed by atoms with Crippen LogP contribution < -0.4 is 0 Å². The Morgan fingerprint density at radius 2 is 1.88 bits per heavy atom. The van der Waals surface area contributed by atoms with Gasteiger partial charge in [-0.15, -0.1) is 11.3 Å². The third-order valence-corrected chi connectivity index (χ3v) is 4.08. The summed E-state index contributed by atoms with van der Waals surface area (Å²) in [4.78, 5) is 0.692. The Morgan fingerprint density at radius 3 is 2.35 bits per heavy atom. The highest BCUT2D eigenvalue weighted by Crippen LogP contribution is 2.33. The van der Waals surface area contributed by atoms with Crippen LogP contribution in [0, 0.1) is 19.7 Å². The highest BCUT2D eigenvalue weighted by Gasteiger charge is 2.17. The molecule has 0 saturated heterocycles. The van der Waals surface area contributed by atoms with Crippen LogP contribution in [0.4, 0.5) is 4.39 Å². The summed E-state index contributed by atoms with van der Waals surface area (Å²) in [6.07, 6.45) is -0.791. The maximum absolute atomic E-state index is 13.5. The predicted octanol–water partition coefficient (Wildman–Crippen LogP) is 4.24. The van der Waals surface area contributed by atoms with Gasteiger partial charge in [-0.1, -0.05) is 23.7 Å². The van der Waals surface area contributed by atoms with Crippen molar-refractivity contribution in [2.24, 2.45) is 0 Å².